The molecule has 0 saturated carbocycles. The maximum atomic E-state index is 11.9. The molecule has 0 spiro atoms. The quantitative estimate of drug-likeness (QED) is 0.804. The second kappa shape index (κ2) is 7.59. The van der Waals surface area contributed by atoms with Crippen molar-refractivity contribution in [2.75, 3.05) is 6.61 Å². The molecular formula is C14H21BrN2O3. The number of carbonyl (C=O) groups is 1. The van der Waals surface area contributed by atoms with E-state index in [0.29, 0.717) is 17.4 Å². The van der Waals surface area contributed by atoms with Crippen molar-refractivity contribution in [1.29, 1.82) is 0 Å². The van der Waals surface area contributed by atoms with Crippen molar-refractivity contribution in [2.24, 2.45) is 0 Å². The Bertz CT molecular complexity index is 446. The van der Waals surface area contributed by atoms with E-state index in [4.69, 9.17) is 9.84 Å². The van der Waals surface area contributed by atoms with E-state index in [0.717, 1.165) is 5.69 Å². The van der Waals surface area contributed by atoms with Gasteiger partial charge in [-0.15, -0.1) is 0 Å². The van der Waals surface area contributed by atoms with Crippen LogP contribution in [0.3, 0.4) is 0 Å². The molecule has 1 rings (SSSR count). The van der Waals surface area contributed by atoms with Crippen LogP contribution in [-0.4, -0.2) is 28.4 Å². The van der Waals surface area contributed by atoms with Crippen molar-refractivity contribution >= 4 is 22.0 Å². The molecule has 1 atom stereocenters. The van der Waals surface area contributed by atoms with Gasteiger partial charge in [0.2, 0.25) is 0 Å². The van der Waals surface area contributed by atoms with Gasteiger partial charge in [0, 0.05) is 6.61 Å². The average molecular weight is 345 g/mol. The van der Waals surface area contributed by atoms with Gasteiger partial charge in [-0.3, -0.25) is 0 Å². The summed E-state index contributed by atoms with van der Waals surface area (Å²) in [4.78, 5) is 16.2. The van der Waals surface area contributed by atoms with Crippen LogP contribution in [0.15, 0.2) is 22.8 Å². The van der Waals surface area contributed by atoms with Crippen LogP contribution >= 0.6 is 15.9 Å². The average Bonchev–Trinajstić information content (AvgIpc) is 2.32. The SMILES string of the molecule is CC(C)(C)OC(=O)N[C@@H](CCCO)c1cccc(Br)n1. The second-order valence-electron chi connectivity index (χ2n) is 5.45. The molecule has 0 fully saturated rings. The van der Waals surface area contributed by atoms with Gasteiger partial charge in [0.1, 0.15) is 10.2 Å². The summed E-state index contributed by atoms with van der Waals surface area (Å²) in [6, 6.07) is 5.23. The Kier molecular flexibility index (Phi) is 6.42. The number of pyridine rings is 1. The first-order chi connectivity index (χ1) is 9.31. The summed E-state index contributed by atoms with van der Waals surface area (Å²) in [5, 5.41) is 11.8. The van der Waals surface area contributed by atoms with Crippen molar-refractivity contribution in [1.82, 2.24) is 10.3 Å². The molecule has 5 nitrogen and oxygen atoms in total. The lowest BCUT2D eigenvalue weighted by molar-refractivity contribution is 0.0497. The topological polar surface area (TPSA) is 71.5 Å². The van der Waals surface area contributed by atoms with Gasteiger partial charge in [0.15, 0.2) is 0 Å². The van der Waals surface area contributed by atoms with Gasteiger partial charge in [0.05, 0.1) is 11.7 Å². The summed E-state index contributed by atoms with van der Waals surface area (Å²) in [6.45, 7) is 5.51. The Labute approximate surface area is 127 Å². The van der Waals surface area contributed by atoms with E-state index < -0.39 is 11.7 Å². The molecule has 0 radical (unpaired) electrons. The summed E-state index contributed by atoms with van der Waals surface area (Å²) >= 11 is 3.31. The van der Waals surface area contributed by atoms with E-state index in [-0.39, 0.29) is 12.6 Å². The predicted octanol–water partition coefficient (Wildman–Crippen LogP) is 3.18. The predicted molar refractivity (Wildman–Crippen MR) is 80.4 cm³/mol. The molecule has 2 N–H and O–H groups in total. The zero-order chi connectivity index (χ0) is 15.2. The highest BCUT2D eigenvalue weighted by Gasteiger charge is 2.21. The Morgan fingerprint density at radius 2 is 2.20 bits per heavy atom. The highest BCUT2D eigenvalue weighted by atomic mass is 79.9. The van der Waals surface area contributed by atoms with Crippen LogP contribution in [0.1, 0.15) is 45.3 Å². The van der Waals surface area contributed by atoms with E-state index in [9.17, 15) is 4.79 Å². The van der Waals surface area contributed by atoms with Crippen LogP contribution in [0.25, 0.3) is 0 Å². The van der Waals surface area contributed by atoms with Crippen LogP contribution in [0, 0.1) is 0 Å². The number of hydrogen-bond donors (Lipinski definition) is 2. The number of aromatic nitrogens is 1. The number of hydrogen-bond acceptors (Lipinski definition) is 4. The lowest BCUT2D eigenvalue weighted by Crippen LogP contribution is -2.35. The van der Waals surface area contributed by atoms with E-state index in [2.05, 4.69) is 26.2 Å². The molecule has 20 heavy (non-hydrogen) atoms. The minimum absolute atomic E-state index is 0.0699. The number of aliphatic hydroxyl groups is 1. The maximum absolute atomic E-state index is 11.9. The van der Waals surface area contributed by atoms with Crippen LogP contribution in [0.5, 0.6) is 0 Å². The molecule has 1 aromatic rings. The number of nitrogens with one attached hydrogen (secondary N) is 1. The van der Waals surface area contributed by atoms with E-state index >= 15 is 0 Å². The summed E-state index contributed by atoms with van der Waals surface area (Å²) in [7, 11) is 0. The lowest BCUT2D eigenvalue weighted by Gasteiger charge is -2.23. The van der Waals surface area contributed by atoms with Crippen molar-refractivity contribution in [3.05, 3.63) is 28.5 Å². The zero-order valence-corrected chi connectivity index (χ0v) is 13.6. The second-order valence-corrected chi connectivity index (χ2v) is 6.26. The van der Waals surface area contributed by atoms with Gasteiger partial charge in [-0.25, -0.2) is 9.78 Å². The largest absolute Gasteiger partial charge is 0.444 e. The normalized spacial score (nSPS) is 12.8. The zero-order valence-electron chi connectivity index (χ0n) is 12.0. The van der Waals surface area contributed by atoms with Crippen molar-refractivity contribution in [3.8, 4) is 0 Å². The summed E-state index contributed by atoms with van der Waals surface area (Å²) in [5.74, 6) is 0. The third-order valence-corrected chi connectivity index (χ3v) is 2.88. The standard InChI is InChI=1S/C14H21BrN2O3/c1-14(2,3)20-13(19)17-11(7-5-9-18)10-6-4-8-12(15)16-10/h4,6,8,11,18H,5,7,9H2,1-3H3,(H,17,19)/t11-/m0/s1. The van der Waals surface area contributed by atoms with Crippen LogP contribution < -0.4 is 5.32 Å². The third kappa shape index (κ3) is 6.34. The molecule has 1 heterocycles. The Hall–Kier alpha value is -1.14. The molecule has 0 saturated heterocycles. The molecular weight excluding hydrogens is 324 g/mol. The van der Waals surface area contributed by atoms with Crippen molar-refractivity contribution < 1.29 is 14.6 Å². The fourth-order valence-electron chi connectivity index (χ4n) is 1.66. The molecule has 0 aliphatic heterocycles. The van der Waals surface area contributed by atoms with Gasteiger partial charge >= 0.3 is 6.09 Å². The molecule has 112 valence electrons. The highest BCUT2D eigenvalue weighted by Crippen LogP contribution is 2.19. The Balaban J connectivity index is 2.77. The van der Waals surface area contributed by atoms with Gasteiger partial charge in [0.25, 0.3) is 0 Å². The minimum atomic E-state index is -0.545. The molecule has 1 amide bonds. The molecule has 1 aromatic heterocycles. The fourth-order valence-corrected chi connectivity index (χ4v) is 2.01. The van der Waals surface area contributed by atoms with Gasteiger partial charge < -0.3 is 15.2 Å². The lowest BCUT2D eigenvalue weighted by atomic mass is 10.1. The van der Waals surface area contributed by atoms with Crippen LogP contribution in [-0.2, 0) is 4.74 Å². The van der Waals surface area contributed by atoms with Gasteiger partial charge in [-0.1, -0.05) is 6.07 Å². The number of rotatable bonds is 5. The van der Waals surface area contributed by atoms with Crippen molar-refractivity contribution in [2.45, 2.75) is 45.3 Å². The third-order valence-electron chi connectivity index (χ3n) is 2.44. The van der Waals surface area contributed by atoms with E-state index in [1.54, 1.807) is 0 Å². The van der Waals surface area contributed by atoms with Gasteiger partial charge in [-0.2, -0.15) is 0 Å². The van der Waals surface area contributed by atoms with Gasteiger partial charge in [-0.05, 0) is 61.7 Å². The fraction of sp³-hybridized carbons (Fsp3) is 0.571. The molecule has 0 unspecified atom stereocenters. The highest BCUT2D eigenvalue weighted by molar-refractivity contribution is 9.10. The molecule has 0 aliphatic carbocycles. The smallest absolute Gasteiger partial charge is 0.408 e. The summed E-state index contributed by atoms with van der Waals surface area (Å²) in [6.07, 6.45) is 0.690. The number of halogens is 1. The number of aliphatic hydroxyl groups excluding tert-OH is 1. The minimum Gasteiger partial charge on any atom is -0.444 e. The maximum Gasteiger partial charge on any atom is 0.408 e. The first-order valence-corrected chi connectivity index (χ1v) is 7.34. The first kappa shape index (κ1) is 16.9. The molecule has 0 aromatic carbocycles. The number of amides is 1. The number of alkyl carbamates (subject to hydrolysis) is 1. The molecule has 6 heteroatoms. The Morgan fingerprint density at radius 1 is 1.50 bits per heavy atom. The van der Waals surface area contributed by atoms with Crippen molar-refractivity contribution in [3.63, 3.8) is 0 Å². The number of carbonyl (C=O) groups excluding carboxylic acids is 1. The van der Waals surface area contributed by atoms with Crippen LogP contribution in [0.2, 0.25) is 0 Å². The number of nitrogens with zero attached hydrogens (tertiary/aromatic N) is 1. The molecule has 0 bridgehead atoms. The summed E-state index contributed by atoms with van der Waals surface area (Å²) < 4.78 is 5.95. The monoisotopic (exact) mass is 344 g/mol. The van der Waals surface area contributed by atoms with E-state index in [1.165, 1.54) is 0 Å². The summed E-state index contributed by atoms with van der Waals surface area (Å²) in [5.41, 5.74) is 0.190. The van der Waals surface area contributed by atoms with Crippen LogP contribution in [0.4, 0.5) is 4.79 Å². The molecule has 0 aliphatic rings. The first-order valence-electron chi connectivity index (χ1n) is 6.54. The number of ether oxygens (including phenoxy) is 1. The van der Waals surface area contributed by atoms with E-state index in [1.807, 2.05) is 39.0 Å². The Morgan fingerprint density at radius 3 is 2.75 bits per heavy atom.